The van der Waals surface area contributed by atoms with Crippen LogP contribution < -0.4 is 32.9 Å². The van der Waals surface area contributed by atoms with Crippen LogP contribution in [0.3, 0.4) is 0 Å². The summed E-state index contributed by atoms with van der Waals surface area (Å²) in [6.07, 6.45) is 30.5. The summed E-state index contributed by atoms with van der Waals surface area (Å²) in [6.45, 7) is 1.07. The van der Waals surface area contributed by atoms with Gasteiger partial charge >= 0.3 is 25.8 Å². The zero-order valence-electron chi connectivity index (χ0n) is 39.7. The number of nitrogens with one attached hydrogen (secondary N) is 3. The van der Waals surface area contributed by atoms with E-state index in [0.29, 0.717) is 31.1 Å². The summed E-state index contributed by atoms with van der Waals surface area (Å²) < 4.78 is 32.7. The third kappa shape index (κ3) is 31.8. The van der Waals surface area contributed by atoms with Crippen molar-refractivity contribution >= 4 is 49.4 Å². The number of carboxylic acids is 1. The molecular formula is C46H86N5O12PS. The van der Waals surface area contributed by atoms with E-state index in [9.17, 15) is 38.5 Å². The van der Waals surface area contributed by atoms with Crippen molar-refractivity contribution < 1.29 is 57.1 Å². The first kappa shape index (κ1) is 60.3. The Kier molecular flexibility index (Phi) is 35.5. The van der Waals surface area contributed by atoms with E-state index in [1.807, 2.05) is 11.8 Å². The molecule has 2 saturated heterocycles. The van der Waals surface area contributed by atoms with Gasteiger partial charge in [0.25, 0.3) is 0 Å². The first-order valence-corrected chi connectivity index (χ1v) is 27.0. The van der Waals surface area contributed by atoms with E-state index < -0.39 is 51.1 Å². The Balaban J connectivity index is 0.0000211. The number of hydrogen-bond acceptors (Lipinski definition) is 13. The third-order valence-electron chi connectivity index (χ3n) is 11.5. The lowest BCUT2D eigenvalue weighted by atomic mass is 10.0. The fourth-order valence-corrected chi connectivity index (χ4v) is 9.96. The van der Waals surface area contributed by atoms with Crippen molar-refractivity contribution in [2.45, 2.75) is 216 Å². The van der Waals surface area contributed by atoms with Crippen molar-refractivity contribution in [2.24, 2.45) is 5.73 Å². The number of quaternary nitrogens is 1. The summed E-state index contributed by atoms with van der Waals surface area (Å²) in [5.74, 6) is -1.67. The average Bonchev–Trinajstić information content (AvgIpc) is 3.82. The molecule has 10 N–H and O–H groups in total. The molecule has 2 aliphatic rings. The second-order valence-electron chi connectivity index (χ2n) is 17.3. The molecule has 3 amide bonds. The highest BCUT2D eigenvalue weighted by atomic mass is 32.2. The topological polar surface area (TPSA) is 281 Å². The fraction of sp³-hybridized carbons (Fsp3) is 0.848. The zero-order chi connectivity index (χ0) is 46.7. The van der Waals surface area contributed by atoms with Gasteiger partial charge in [0, 0.05) is 36.8 Å². The minimum atomic E-state index is -4.78. The fourth-order valence-electron chi connectivity index (χ4n) is 7.64. The number of rotatable bonds is 42. The zero-order valence-corrected chi connectivity index (χ0v) is 41.5. The van der Waals surface area contributed by atoms with Gasteiger partial charge in [0.1, 0.15) is 6.61 Å². The van der Waals surface area contributed by atoms with Gasteiger partial charge in [-0.25, -0.2) is 9.36 Å². The molecule has 65 heavy (non-hydrogen) atoms. The number of urea groups is 1. The van der Waals surface area contributed by atoms with Crippen LogP contribution in [-0.2, 0) is 42.3 Å². The Morgan fingerprint density at radius 2 is 1.31 bits per heavy atom. The van der Waals surface area contributed by atoms with Crippen molar-refractivity contribution in [3.63, 3.8) is 0 Å². The number of nitrogens with two attached hydrogens (primary N) is 1. The van der Waals surface area contributed by atoms with Crippen molar-refractivity contribution in [3.8, 4) is 0 Å². The number of unbranched alkanes of at least 4 members (excludes halogenated alkanes) is 20. The third-order valence-corrected chi connectivity index (χ3v) is 13.9. The first-order valence-electron chi connectivity index (χ1n) is 24.4. The molecule has 2 aliphatic heterocycles. The number of esters is 2. The maximum absolute atomic E-state index is 12.7. The van der Waals surface area contributed by atoms with Gasteiger partial charge in [0.05, 0.1) is 37.3 Å². The molecule has 2 rings (SSSR count). The van der Waals surface area contributed by atoms with Crippen LogP contribution in [0.25, 0.3) is 0 Å². The molecule has 0 aliphatic carbocycles. The first-order chi connectivity index (χ1) is 30.9. The lowest BCUT2D eigenvalue weighted by Crippen LogP contribution is -2.44. The van der Waals surface area contributed by atoms with Gasteiger partial charge in [0.2, 0.25) is 5.91 Å². The van der Waals surface area contributed by atoms with Gasteiger partial charge in [-0.1, -0.05) is 122 Å². The highest BCUT2D eigenvalue weighted by molar-refractivity contribution is 8.00. The molecular weight excluding hydrogens is 878 g/mol. The van der Waals surface area contributed by atoms with Gasteiger partial charge in [-0.2, -0.15) is 11.8 Å². The molecule has 0 spiro atoms. The number of thioether (sulfide) groups is 1. The molecule has 6 atom stereocenters. The Morgan fingerprint density at radius 1 is 0.769 bits per heavy atom. The summed E-state index contributed by atoms with van der Waals surface area (Å²) in [4.78, 5) is 69.8. The van der Waals surface area contributed by atoms with E-state index >= 15 is 0 Å². The highest BCUT2D eigenvalue weighted by Crippen LogP contribution is 2.43. The van der Waals surface area contributed by atoms with Crippen LogP contribution >= 0.6 is 19.6 Å². The van der Waals surface area contributed by atoms with Gasteiger partial charge in [0.15, 0.2) is 6.10 Å². The number of aliphatic carboxylic acids is 1. The van der Waals surface area contributed by atoms with Gasteiger partial charge in [-0.05, 0) is 57.8 Å². The molecule has 1 unspecified atom stereocenters. The monoisotopic (exact) mass is 964 g/mol. The highest BCUT2D eigenvalue weighted by Gasteiger charge is 2.42. The smallest absolute Gasteiger partial charge is 0.472 e. The molecule has 378 valence electrons. The van der Waals surface area contributed by atoms with Gasteiger partial charge < -0.3 is 52.1 Å². The van der Waals surface area contributed by atoms with Crippen LogP contribution in [-0.4, -0.2) is 96.3 Å². The number of phosphoric ester groups is 1. The summed E-state index contributed by atoms with van der Waals surface area (Å²) >= 11 is 1.90. The molecule has 19 heteroatoms. The summed E-state index contributed by atoms with van der Waals surface area (Å²) in [6, 6.07) is -1.28. The lowest BCUT2D eigenvalue weighted by molar-refractivity contribution is -0.308. The molecule has 0 aromatic carbocycles. The molecule has 0 saturated carbocycles. The van der Waals surface area contributed by atoms with Gasteiger partial charge in [-0.15, -0.1) is 0 Å². The van der Waals surface area contributed by atoms with E-state index in [1.54, 1.807) is 0 Å². The molecule has 2 fully saturated rings. The quantitative estimate of drug-likeness (QED) is 0.0112. The number of ether oxygens (including phenoxy) is 2. The second-order valence-corrected chi connectivity index (χ2v) is 20.0. The van der Waals surface area contributed by atoms with Crippen molar-refractivity contribution in [1.29, 1.82) is 0 Å². The van der Waals surface area contributed by atoms with Crippen LogP contribution in [0.1, 0.15) is 187 Å². The van der Waals surface area contributed by atoms with Crippen molar-refractivity contribution in [2.75, 3.05) is 32.1 Å². The maximum atomic E-state index is 12.7. The number of amides is 3. The van der Waals surface area contributed by atoms with Crippen LogP contribution in [0, 0.1) is 0 Å². The average molecular weight is 964 g/mol. The minimum Gasteiger partial charge on any atom is -0.548 e. The number of fused-ring (bicyclic) bond motifs is 1. The number of carbonyl (C=O) groups excluding carboxylic acids is 5. The number of carboxylic acid groups (broad SMARTS) is 1. The normalized spacial score (nSPS) is 18.5. The number of allylic oxidation sites excluding steroid dienone is 2. The van der Waals surface area contributed by atoms with E-state index in [1.165, 1.54) is 38.5 Å². The van der Waals surface area contributed by atoms with E-state index in [4.69, 9.17) is 19.7 Å². The number of carbonyl (C=O) groups is 5. The molecule has 0 radical (unpaired) electrons. The van der Waals surface area contributed by atoms with Crippen molar-refractivity contribution in [3.05, 3.63) is 12.2 Å². The van der Waals surface area contributed by atoms with Crippen LogP contribution in [0.2, 0.25) is 0 Å². The molecule has 0 aromatic rings. The Labute approximate surface area is 393 Å². The van der Waals surface area contributed by atoms with Gasteiger partial charge in [-0.3, -0.25) is 23.4 Å². The predicted octanol–water partition coefficient (Wildman–Crippen LogP) is 7.81. The standard InChI is InChI=1S/C46H83N4O12PS.H3N/c1-2-3-4-5-6-7-8-9-10-11-12-14-17-20-23-30-42(52)59-33-37(34-60-63(57,58)61-35-38(47)45(54)55)62-43(53)31-24-21-18-15-13-16-19-22-27-32-48-41(51)29-26-25-28-40-44-39(36-64-40)49-46(56)50-44;/h9-10,37-40,44H,2-8,11-36,47H2,1H3,(H,48,51)(H,54,55)(H,57,58)(H2,49,50,56);1H3/b10-9-;/t37-,38+,39+,40+,44+;/m1./s1. The Morgan fingerprint density at radius 3 is 1.92 bits per heavy atom. The van der Waals surface area contributed by atoms with Crippen LogP contribution in [0.4, 0.5) is 4.79 Å². The molecule has 0 aromatic heterocycles. The van der Waals surface area contributed by atoms with E-state index in [2.05, 4.69) is 39.5 Å². The molecule has 17 nitrogen and oxygen atoms in total. The lowest BCUT2D eigenvalue weighted by Gasteiger charge is -2.21. The predicted molar refractivity (Wildman–Crippen MR) is 254 cm³/mol. The largest absolute Gasteiger partial charge is 0.548 e. The number of phosphoric acid groups is 1. The van der Waals surface area contributed by atoms with Crippen molar-refractivity contribution in [1.82, 2.24) is 22.1 Å². The Bertz CT molecular complexity index is 1400. The number of hydrogen-bond donors (Lipinski definition) is 6. The minimum absolute atomic E-state index is 0. The second kappa shape index (κ2) is 38.3. The summed E-state index contributed by atoms with van der Waals surface area (Å²) in [7, 11) is -4.78. The van der Waals surface area contributed by atoms with Crippen LogP contribution in [0.5, 0.6) is 0 Å². The maximum Gasteiger partial charge on any atom is 0.472 e. The molecule has 0 bridgehead atoms. The van der Waals surface area contributed by atoms with E-state index in [-0.39, 0.29) is 49.6 Å². The Hall–Kier alpha value is -2.73. The molecule has 2 heterocycles. The van der Waals surface area contributed by atoms with E-state index in [0.717, 1.165) is 115 Å². The summed E-state index contributed by atoms with van der Waals surface area (Å²) in [5, 5.41) is 20.3. The van der Waals surface area contributed by atoms with Crippen LogP contribution in [0.15, 0.2) is 12.2 Å². The SMILES string of the molecule is CCCCCCCC/C=C\CCCCCCCC(=O)OC[C@H](COP(=O)(O)OC[C@H](N)C(=O)[O-])OC(=O)CCCCCCCCCCCNC(=O)CCCC[C@@H]1SC[C@@H]2NC(=O)N[C@@H]21.[NH4+]. The summed E-state index contributed by atoms with van der Waals surface area (Å²) in [5.41, 5.74) is 5.28.